The van der Waals surface area contributed by atoms with E-state index in [4.69, 9.17) is 9.47 Å². The predicted molar refractivity (Wildman–Crippen MR) is 168 cm³/mol. The molecule has 5 rings (SSSR count). The minimum atomic E-state index is -1.41. The highest BCUT2D eigenvalue weighted by Gasteiger charge is 2.60. The number of amides is 3. The lowest BCUT2D eigenvalue weighted by atomic mass is 10.1. The summed E-state index contributed by atoms with van der Waals surface area (Å²) in [5, 5.41) is 18.3. The number of aliphatic carboxylic acids is 1. The Balaban J connectivity index is 1.42. The van der Waals surface area contributed by atoms with Gasteiger partial charge in [0.1, 0.15) is 33.5 Å². The number of urea groups is 1. The maximum absolute atomic E-state index is 15.4. The Labute approximate surface area is 264 Å². The summed E-state index contributed by atoms with van der Waals surface area (Å²) in [4.78, 5) is 49.4. The van der Waals surface area contributed by atoms with Crippen LogP contribution in [0.4, 0.5) is 9.18 Å². The molecule has 0 spiro atoms. The second kappa shape index (κ2) is 13.4. The van der Waals surface area contributed by atoms with Gasteiger partial charge in [-0.2, -0.15) is 0 Å². The van der Waals surface area contributed by atoms with E-state index in [1.807, 2.05) is 31.4 Å². The number of carbonyl (C=O) groups is 3. The van der Waals surface area contributed by atoms with E-state index in [0.717, 1.165) is 25.0 Å². The van der Waals surface area contributed by atoms with Crippen molar-refractivity contribution >= 4 is 40.1 Å². The van der Waals surface area contributed by atoms with Crippen LogP contribution in [0.15, 0.2) is 35.7 Å². The number of hydrogen-bond acceptors (Lipinski definition) is 8. The highest BCUT2D eigenvalue weighted by Crippen LogP contribution is 2.45. The van der Waals surface area contributed by atoms with E-state index in [0.29, 0.717) is 28.4 Å². The van der Waals surface area contributed by atoms with E-state index in [-0.39, 0.29) is 42.6 Å². The quantitative estimate of drug-likeness (QED) is 0.289. The van der Waals surface area contributed by atoms with Crippen LogP contribution in [-0.2, 0) is 9.59 Å². The van der Waals surface area contributed by atoms with Crippen molar-refractivity contribution in [1.29, 1.82) is 0 Å². The molecule has 3 amide bonds. The number of methoxy groups -OCH3 is 1. The molecule has 1 fully saturated rings. The van der Waals surface area contributed by atoms with Crippen LogP contribution in [0.5, 0.6) is 11.5 Å². The third-order valence-corrected chi connectivity index (χ3v) is 9.13. The molecule has 1 aliphatic carbocycles. The number of rotatable bonds is 8. The zero-order valence-corrected chi connectivity index (χ0v) is 26.6. The molecule has 2 aromatic heterocycles. The predicted octanol–water partition coefficient (Wildman–Crippen LogP) is 5.11. The van der Waals surface area contributed by atoms with Crippen LogP contribution in [0.25, 0.3) is 21.6 Å². The van der Waals surface area contributed by atoms with Gasteiger partial charge < -0.3 is 30.1 Å². The van der Waals surface area contributed by atoms with Gasteiger partial charge in [0, 0.05) is 42.8 Å². The van der Waals surface area contributed by atoms with Crippen molar-refractivity contribution in [2.75, 3.05) is 27.3 Å². The largest absolute Gasteiger partial charge is 0.494 e. The molecular formula is C32H38FN5O6S. The third kappa shape index (κ3) is 6.87. The number of allylic oxidation sites excluding steroid dienone is 1. The van der Waals surface area contributed by atoms with Crippen LogP contribution in [0.3, 0.4) is 0 Å². The third-order valence-electron chi connectivity index (χ3n) is 8.25. The second-order valence-electron chi connectivity index (χ2n) is 11.8. The number of thiazole rings is 1. The zero-order valence-electron chi connectivity index (χ0n) is 25.8. The van der Waals surface area contributed by atoms with Crippen molar-refractivity contribution in [1.82, 2.24) is 25.5 Å². The minimum absolute atomic E-state index is 0.0220. The van der Waals surface area contributed by atoms with Crippen molar-refractivity contribution in [2.24, 2.45) is 5.92 Å². The van der Waals surface area contributed by atoms with Crippen molar-refractivity contribution in [3.63, 3.8) is 0 Å². The number of halogens is 1. The van der Waals surface area contributed by atoms with Crippen molar-refractivity contribution in [2.45, 2.75) is 63.5 Å². The summed E-state index contributed by atoms with van der Waals surface area (Å²) < 4.78 is 26.7. The van der Waals surface area contributed by atoms with Gasteiger partial charge in [0.15, 0.2) is 11.6 Å². The first-order valence-electron chi connectivity index (χ1n) is 15.0. The molecule has 3 aromatic rings. The van der Waals surface area contributed by atoms with Gasteiger partial charge in [-0.3, -0.25) is 4.79 Å². The van der Waals surface area contributed by atoms with Crippen LogP contribution in [0.2, 0.25) is 0 Å². The summed E-state index contributed by atoms with van der Waals surface area (Å²) in [6.07, 6.45) is 6.47. The lowest BCUT2D eigenvalue weighted by Gasteiger charge is -2.25. The number of pyridine rings is 1. The van der Waals surface area contributed by atoms with Crippen LogP contribution in [0, 0.1) is 11.7 Å². The molecule has 240 valence electrons. The van der Waals surface area contributed by atoms with E-state index >= 15 is 4.39 Å². The molecule has 0 saturated heterocycles. The normalized spacial score (nSPS) is 23.1. The first-order valence-corrected chi connectivity index (χ1v) is 15.9. The fourth-order valence-electron chi connectivity index (χ4n) is 5.32. The first kappa shape index (κ1) is 32.1. The maximum Gasteiger partial charge on any atom is 0.330 e. The number of nitrogens with one attached hydrogen (secondary N) is 2. The van der Waals surface area contributed by atoms with E-state index in [1.165, 1.54) is 29.4 Å². The van der Waals surface area contributed by atoms with E-state index in [2.05, 4.69) is 20.6 Å². The molecule has 3 heterocycles. The molecule has 1 saturated carbocycles. The lowest BCUT2D eigenvalue weighted by Crippen LogP contribution is -2.55. The average Bonchev–Trinajstić information content (AvgIpc) is 3.47. The summed E-state index contributed by atoms with van der Waals surface area (Å²) in [6, 6.07) is 3.28. The molecule has 3 unspecified atom stereocenters. The van der Waals surface area contributed by atoms with Gasteiger partial charge in [-0.1, -0.05) is 26.0 Å². The van der Waals surface area contributed by atoms with Gasteiger partial charge in [0.25, 0.3) is 0 Å². The monoisotopic (exact) mass is 639 g/mol. The Bertz CT molecular complexity index is 1630. The lowest BCUT2D eigenvalue weighted by molar-refractivity contribution is -0.143. The van der Waals surface area contributed by atoms with Gasteiger partial charge in [-0.25, -0.2) is 23.9 Å². The Morgan fingerprint density at radius 2 is 2.04 bits per heavy atom. The molecule has 13 heteroatoms. The van der Waals surface area contributed by atoms with Crippen LogP contribution < -0.4 is 20.1 Å². The molecule has 1 aromatic carbocycles. The molecule has 11 nitrogen and oxygen atoms in total. The summed E-state index contributed by atoms with van der Waals surface area (Å²) in [6.45, 7) is 4.51. The van der Waals surface area contributed by atoms with Gasteiger partial charge in [-0.05, 0) is 43.7 Å². The average molecular weight is 640 g/mol. The van der Waals surface area contributed by atoms with Crippen molar-refractivity contribution in [3.05, 3.63) is 47.2 Å². The fourth-order valence-corrected chi connectivity index (χ4v) is 6.26. The summed E-state index contributed by atoms with van der Waals surface area (Å²) in [5.41, 5.74) is -0.0602. The van der Waals surface area contributed by atoms with Crippen molar-refractivity contribution in [3.8, 4) is 22.2 Å². The highest BCUT2D eigenvalue weighted by atomic mass is 32.1. The van der Waals surface area contributed by atoms with Crippen molar-refractivity contribution < 1.29 is 33.4 Å². The molecule has 0 bridgehead atoms. The van der Waals surface area contributed by atoms with E-state index < -0.39 is 35.3 Å². The zero-order chi connectivity index (χ0) is 32.3. The van der Waals surface area contributed by atoms with Gasteiger partial charge in [0.05, 0.1) is 19.4 Å². The van der Waals surface area contributed by atoms with Crippen LogP contribution in [-0.4, -0.2) is 76.8 Å². The molecule has 1 aliphatic heterocycles. The number of benzene rings is 1. The number of hydrogen-bond donors (Lipinski definition) is 3. The Morgan fingerprint density at radius 1 is 1.24 bits per heavy atom. The minimum Gasteiger partial charge on any atom is -0.494 e. The molecule has 3 atom stereocenters. The fraction of sp³-hybridized carbons (Fsp3) is 0.469. The number of nitrogens with zero attached hydrogens (tertiary/aromatic N) is 3. The molecule has 3 N–H and O–H groups in total. The Morgan fingerprint density at radius 3 is 2.76 bits per heavy atom. The van der Waals surface area contributed by atoms with Gasteiger partial charge >= 0.3 is 12.0 Å². The van der Waals surface area contributed by atoms with E-state index in [9.17, 15) is 19.5 Å². The van der Waals surface area contributed by atoms with Gasteiger partial charge in [0.2, 0.25) is 5.91 Å². The maximum atomic E-state index is 15.4. The van der Waals surface area contributed by atoms with Crippen LogP contribution in [0.1, 0.15) is 57.6 Å². The topological polar surface area (TPSA) is 143 Å². The van der Waals surface area contributed by atoms with Crippen LogP contribution >= 0.6 is 11.3 Å². The number of carboxylic acids is 1. The second-order valence-corrected chi connectivity index (χ2v) is 12.6. The molecular weight excluding hydrogens is 601 g/mol. The number of ether oxygens (including phenoxy) is 2. The SMILES string of the molecule is COc1ccc2c(OCCC3NC(=O)N(C)CCCC/C=C/C4CC4(C(=O)O)NC3=O)cc(-c3nc(C(C)C)cs3)nc2c1F. The smallest absolute Gasteiger partial charge is 0.330 e. The Hall–Kier alpha value is -4.26. The number of carbonyl (C=O) groups excluding carboxylic acids is 2. The first-order chi connectivity index (χ1) is 21.5. The molecule has 45 heavy (non-hydrogen) atoms. The van der Waals surface area contributed by atoms with E-state index in [1.54, 1.807) is 19.2 Å². The number of aromatic nitrogens is 2. The van der Waals surface area contributed by atoms with Gasteiger partial charge in [-0.15, -0.1) is 11.3 Å². The molecule has 2 aliphatic rings. The highest BCUT2D eigenvalue weighted by molar-refractivity contribution is 7.13. The summed E-state index contributed by atoms with van der Waals surface area (Å²) >= 11 is 1.39. The number of carboxylic acid groups (broad SMARTS) is 1. The molecule has 0 radical (unpaired) electrons. The summed E-state index contributed by atoms with van der Waals surface area (Å²) in [5.74, 6) is -2.16. The summed E-state index contributed by atoms with van der Waals surface area (Å²) in [7, 11) is 3.02. The Kier molecular flexibility index (Phi) is 9.56. The standard InChI is InChI=1S/C32H38FN5O6S/c1-18(2)23-17-45-29(35-23)22-15-25(20-10-11-24(43-4)26(33)27(20)34-22)44-14-12-21-28(39)37-32(30(40)41)16-19(32)9-7-5-6-8-13-38(3)31(42)36-21/h7,9-11,15,17-19,21H,5-6,8,12-14,16H2,1-4H3,(H,36,42)(H,37,39)(H,40,41)/b9-7+. The number of fused-ring (bicyclic) bond motifs is 2.